The molecule has 8 nitrogen and oxygen atoms in total. The smallest absolute Gasteiger partial charge is 0.356 e. The van der Waals surface area contributed by atoms with E-state index in [0.717, 1.165) is 38.9 Å². The van der Waals surface area contributed by atoms with Gasteiger partial charge in [0.25, 0.3) is 5.91 Å². The van der Waals surface area contributed by atoms with Crippen LogP contribution in [0.15, 0.2) is 66.7 Å². The van der Waals surface area contributed by atoms with Crippen LogP contribution in [0.1, 0.15) is 58.3 Å². The molecule has 6 rings (SSSR count). The predicted molar refractivity (Wildman–Crippen MR) is 172 cm³/mol. The van der Waals surface area contributed by atoms with Crippen LogP contribution in [0.25, 0.3) is 20.7 Å². The number of aromatic nitrogens is 2. The zero-order valence-electron chi connectivity index (χ0n) is 24.2. The molecule has 0 aliphatic carbocycles. The summed E-state index contributed by atoms with van der Waals surface area (Å²) in [4.78, 5) is 37.4. The molecule has 5 aromatic rings. The lowest BCUT2D eigenvalue weighted by atomic mass is 9.94. The Morgan fingerprint density at radius 2 is 1.79 bits per heavy atom. The fourth-order valence-electron chi connectivity index (χ4n) is 5.06. The molecule has 10 heteroatoms. The Morgan fingerprint density at radius 3 is 2.53 bits per heavy atom. The van der Waals surface area contributed by atoms with Gasteiger partial charge in [0.2, 0.25) is 0 Å². The number of fused-ring (bicyclic) bond motifs is 2. The fraction of sp³-hybridized carbons (Fsp3) is 0.273. The summed E-state index contributed by atoms with van der Waals surface area (Å²) in [6, 6.07) is 21.4. The normalized spacial score (nSPS) is 13.2. The van der Waals surface area contributed by atoms with Crippen LogP contribution < -0.4 is 10.2 Å². The van der Waals surface area contributed by atoms with Gasteiger partial charge in [-0.3, -0.25) is 10.1 Å². The molecule has 0 bridgehead atoms. The zero-order valence-corrected chi connectivity index (χ0v) is 25.8. The van der Waals surface area contributed by atoms with Crippen LogP contribution in [0.3, 0.4) is 0 Å². The van der Waals surface area contributed by atoms with Gasteiger partial charge in [-0.15, -0.1) is 0 Å². The molecule has 1 aliphatic heterocycles. The monoisotopic (exact) mass is 612 g/mol. The van der Waals surface area contributed by atoms with E-state index in [9.17, 15) is 14.7 Å². The molecule has 1 amide bonds. The zero-order chi connectivity index (χ0) is 30.1. The standard InChI is InChI=1S/C33H32N4O4S2/c1-33(2,3)19-41-18-20-11-13-22(14-12-20)28-27(30(39)40)35-32(43-28)37-16-15-21-7-6-8-23(24(21)17-37)29(38)36-31-34-25-9-4-5-10-26(25)42-31/h4-14H,15-19H2,1-3H3,(H,39,40)(H,34,36,38). The van der Waals surface area contributed by atoms with Crippen molar-refractivity contribution in [1.82, 2.24) is 9.97 Å². The number of hydrogen-bond donors (Lipinski definition) is 2. The topological polar surface area (TPSA) is 105 Å². The summed E-state index contributed by atoms with van der Waals surface area (Å²) in [6.07, 6.45) is 0.720. The maximum absolute atomic E-state index is 13.4. The first-order chi connectivity index (χ1) is 20.6. The number of anilines is 2. The van der Waals surface area contributed by atoms with Crippen molar-refractivity contribution in [3.8, 4) is 10.4 Å². The Morgan fingerprint density at radius 1 is 1.00 bits per heavy atom. The lowest BCUT2D eigenvalue weighted by molar-refractivity contribution is 0.0599. The highest BCUT2D eigenvalue weighted by Crippen LogP contribution is 2.38. The number of carboxylic acids is 1. The van der Waals surface area contributed by atoms with Gasteiger partial charge in [0.1, 0.15) is 0 Å². The van der Waals surface area contributed by atoms with Crippen LogP contribution in [0.5, 0.6) is 0 Å². The third-order valence-corrected chi connectivity index (χ3v) is 9.26. The Bertz CT molecular complexity index is 1770. The second-order valence-corrected chi connectivity index (χ2v) is 13.8. The van der Waals surface area contributed by atoms with Crippen molar-refractivity contribution in [2.45, 2.75) is 40.3 Å². The second kappa shape index (κ2) is 11.9. The second-order valence-electron chi connectivity index (χ2n) is 11.8. The number of thiazole rings is 2. The first kappa shape index (κ1) is 29.0. The van der Waals surface area contributed by atoms with Gasteiger partial charge in [0.05, 0.1) is 28.3 Å². The number of para-hydroxylation sites is 1. The molecular formula is C33H32N4O4S2. The summed E-state index contributed by atoms with van der Waals surface area (Å²) in [6.45, 7) is 8.67. The summed E-state index contributed by atoms with van der Waals surface area (Å²) >= 11 is 2.80. The van der Waals surface area contributed by atoms with Crippen molar-refractivity contribution in [3.05, 3.63) is 94.7 Å². The lowest BCUT2D eigenvalue weighted by Crippen LogP contribution is -2.32. The molecule has 3 heterocycles. The number of aromatic carboxylic acids is 1. The molecule has 0 unspecified atom stereocenters. The van der Waals surface area contributed by atoms with Gasteiger partial charge in [-0.1, -0.05) is 92.0 Å². The van der Waals surface area contributed by atoms with E-state index >= 15 is 0 Å². The molecule has 0 fully saturated rings. The number of carboxylic acid groups (broad SMARTS) is 1. The quantitative estimate of drug-likeness (QED) is 0.187. The summed E-state index contributed by atoms with van der Waals surface area (Å²) < 4.78 is 6.85. The van der Waals surface area contributed by atoms with E-state index in [1.165, 1.54) is 22.7 Å². The molecule has 0 saturated heterocycles. The molecular weight excluding hydrogens is 581 g/mol. The van der Waals surface area contributed by atoms with E-state index in [4.69, 9.17) is 4.74 Å². The van der Waals surface area contributed by atoms with E-state index in [-0.39, 0.29) is 17.0 Å². The van der Waals surface area contributed by atoms with Crippen LogP contribution in [0.2, 0.25) is 0 Å². The molecule has 2 aromatic heterocycles. The molecule has 0 atom stereocenters. The van der Waals surface area contributed by atoms with Crippen LogP contribution >= 0.6 is 22.7 Å². The third-order valence-electron chi connectivity index (χ3n) is 7.14. The highest BCUT2D eigenvalue weighted by molar-refractivity contribution is 7.22. The average Bonchev–Trinajstić information content (AvgIpc) is 3.61. The van der Waals surface area contributed by atoms with Crippen molar-refractivity contribution in [2.24, 2.45) is 5.41 Å². The minimum atomic E-state index is -1.07. The van der Waals surface area contributed by atoms with Gasteiger partial charge < -0.3 is 14.7 Å². The third kappa shape index (κ3) is 6.46. The van der Waals surface area contributed by atoms with Crippen LogP contribution in [0, 0.1) is 5.41 Å². The first-order valence-electron chi connectivity index (χ1n) is 14.1. The molecule has 1 aliphatic rings. The molecule has 3 aromatic carbocycles. The summed E-state index contributed by atoms with van der Waals surface area (Å²) in [5, 5.41) is 14.2. The van der Waals surface area contributed by atoms with Gasteiger partial charge in [-0.2, -0.15) is 0 Å². The van der Waals surface area contributed by atoms with Crippen molar-refractivity contribution < 1.29 is 19.4 Å². The van der Waals surface area contributed by atoms with E-state index in [2.05, 4.69) is 41.0 Å². The molecule has 2 N–H and O–H groups in total. The minimum absolute atomic E-state index is 0.0318. The van der Waals surface area contributed by atoms with Gasteiger partial charge in [-0.05, 0) is 52.3 Å². The number of amides is 1. The number of carbonyl (C=O) groups is 2. The van der Waals surface area contributed by atoms with Crippen molar-refractivity contribution in [1.29, 1.82) is 0 Å². The van der Waals surface area contributed by atoms with Crippen molar-refractivity contribution in [3.63, 3.8) is 0 Å². The lowest BCUT2D eigenvalue weighted by Gasteiger charge is -2.29. The molecule has 0 saturated carbocycles. The average molecular weight is 613 g/mol. The molecule has 0 spiro atoms. The van der Waals surface area contributed by atoms with Crippen LogP contribution in [-0.2, 0) is 24.3 Å². The number of benzene rings is 3. The summed E-state index contributed by atoms with van der Waals surface area (Å²) in [5.41, 5.74) is 5.40. The summed E-state index contributed by atoms with van der Waals surface area (Å²) in [5.74, 6) is -1.28. The van der Waals surface area contributed by atoms with E-state index < -0.39 is 5.97 Å². The van der Waals surface area contributed by atoms with Gasteiger partial charge in [0.15, 0.2) is 16.0 Å². The Labute approximate surface area is 258 Å². The minimum Gasteiger partial charge on any atom is -0.476 e. The molecule has 0 radical (unpaired) electrons. The van der Waals surface area contributed by atoms with Crippen molar-refractivity contribution in [2.75, 3.05) is 23.4 Å². The predicted octanol–water partition coefficient (Wildman–Crippen LogP) is 7.50. The van der Waals surface area contributed by atoms with Crippen LogP contribution in [-0.4, -0.2) is 40.1 Å². The SMILES string of the molecule is CC(C)(C)COCc1ccc(-c2sc(N3CCc4cccc(C(=O)Nc5nc6ccccc6s5)c4C3)nc2C(=O)O)cc1. The number of rotatable bonds is 8. The number of hydrogen-bond acceptors (Lipinski definition) is 8. The highest BCUT2D eigenvalue weighted by atomic mass is 32.1. The van der Waals surface area contributed by atoms with Crippen LogP contribution in [0.4, 0.5) is 10.3 Å². The highest BCUT2D eigenvalue weighted by Gasteiger charge is 2.27. The van der Waals surface area contributed by atoms with E-state index in [1.54, 1.807) is 0 Å². The maximum atomic E-state index is 13.4. The fourth-order valence-corrected chi connectivity index (χ4v) is 7.01. The van der Waals surface area contributed by atoms with Crippen molar-refractivity contribution >= 4 is 55.0 Å². The molecule has 43 heavy (non-hydrogen) atoms. The Balaban J connectivity index is 1.22. The Hall–Kier alpha value is -4.12. The number of ether oxygens (including phenoxy) is 1. The van der Waals surface area contributed by atoms with Gasteiger partial charge in [-0.25, -0.2) is 14.8 Å². The number of nitrogens with one attached hydrogen (secondary N) is 1. The maximum Gasteiger partial charge on any atom is 0.356 e. The van der Waals surface area contributed by atoms with E-state index in [0.29, 0.717) is 47.0 Å². The summed E-state index contributed by atoms with van der Waals surface area (Å²) in [7, 11) is 0. The van der Waals surface area contributed by atoms with Gasteiger partial charge in [0, 0.05) is 18.7 Å². The number of carbonyl (C=O) groups excluding carboxylic acids is 1. The van der Waals surface area contributed by atoms with Gasteiger partial charge >= 0.3 is 5.97 Å². The number of nitrogens with zero attached hydrogens (tertiary/aromatic N) is 3. The van der Waals surface area contributed by atoms with E-state index in [1.807, 2.05) is 66.7 Å². The first-order valence-corrected chi connectivity index (χ1v) is 15.7. The Kier molecular flexibility index (Phi) is 8.00. The molecule has 220 valence electrons. The largest absolute Gasteiger partial charge is 0.476 e.